The molecule has 2 bridgehead atoms. The minimum Gasteiger partial charge on any atom is -0.439 e. The lowest BCUT2D eigenvalue weighted by atomic mass is 9.85. The predicted octanol–water partition coefficient (Wildman–Crippen LogP) is 1.98. The summed E-state index contributed by atoms with van der Waals surface area (Å²) in [5, 5.41) is 16.5. The van der Waals surface area contributed by atoms with Crippen molar-refractivity contribution in [2.24, 2.45) is 17.6 Å². The number of methoxy groups -OCH3 is 2. The number of ketones is 2. The van der Waals surface area contributed by atoms with E-state index in [4.69, 9.17) is 19.9 Å². The lowest BCUT2D eigenvalue weighted by Crippen LogP contribution is -2.37. The van der Waals surface area contributed by atoms with Gasteiger partial charge in [-0.1, -0.05) is 38.2 Å². The number of allylic oxidation sites excluding steroid dienone is 4. The summed E-state index contributed by atoms with van der Waals surface area (Å²) in [6.07, 6.45) is 3.86. The zero-order chi connectivity index (χ0) is 30.1. The Kier molecular flexibility index (Phi) is 12.0. The molecule has 0 aromatic rings. The second-order valence-electron chi connectivity index (χ2n) is 10.2. The largest absolute Gasteiger partial charge is 0.439 e. The molecule has 0 radical (unpaired) electrons. The molecule has 1 aliphatic heterocycles. The molecule has 0 aromatic heterocycles. The summed E-state index contributed by atoms with van der Waals surface area (Å²) in [5.41, 5.74) is 6.47. The number of hydrogen-bond donors (Lipinski definition) is 4. The number of Topliss-reactive ketones (excluding diaryl/α,β-unsaturated/α-hetero) is 1. The van der Waals surface area contributed by atoms with Crippen LogP contribution in [0.15, 0.2) is 58.5 Å². The molecule has 0 saturated heterocycles. The molecule has 1 heterocycles. The fraction of sp³-hybridized carbons (Fsp3) is 0.517. The summed E-state index contributed by atoms with van der Waals surface area (Å²) >= 11 is 0. The van der Waals surface area contributed by atoms with E-state index in [-0.39, 0.29) is 34.9 Å². The lowest BCUT2D eigenvalue weighted by molar-refractivity contribution is -0.120. The van der Waals surface area contributed by atoms with Crippen molar-refractivity contribution < 1.29 is 38.5 Å². The first-order valence-electron chi connectivity index (χ1n) is 13.1. The zero-order valence-corrected chi connectivity index (χ0v) is 24.1. The molecule has 0 spiro atoms. The maximum Gasteiger partial charge on any atom is 0.405 e. The van der Waals surface area contributed by atoms with E-state index in [2.05, 4.69) is 10.6 Å². The molecule has 220 valence electrons. The van der Waals surface area contributed by atoms with Gasteiger partial charge in [-0.15, -0.1) is 0 Å². The van der Waals surface area contributed by atoms with E-state index >= 15 is 0 Å². The molecular weight excluding hydrogens is 518 g/mol. The molecule has 2 amide bonds. The highest BCUT2D eigenvalue weighted by molar-refractivity contribution is 6.23. The normalized spacial score (nSPS) is 32.7. The highest BCUT2D eigenvalue weighted by Crippen LogP contribution is 2.28. The highest BCUT2D eigenvalue weighted by Gasteiger charge is 2.33. The van der Waals surface area contributed by atoms with Crippen molar-refractivity contribution in [1.82, 2.24) is 10.6 Å². The van der Waals surface area contributed by atoms with Crippen molar-refractivity contribution in [3.05, 3.63) is 58.5 Å². The molecule has 11 nitrogen and oxygen atoms in total. The molecular formula is C29H41N3O8. The van der Waals surface area contributed by atoms with Crippen LogP contribution < -0.4 is 16.4 Å². The topological polar surface area (TPSA) is 166 Å². The van der Waals surface area contributed by atoms with Crippen LogP contribution in [-0.4, -0.2) is 74.4 Å². The summed E-state index contributed by atoms with van der Waals surface area (Å²) in [5.74, 6) is -2.06. The summed E-state index contributed by atoms with van der Waals surface area (Å²) in [6, 6.07) is 0. The average Bonchev–Trinajstić information content (AvgIpc) is 2.90. The van der Waals surface area contributed by atoms with Crippen LogP contribution in [0.4, 0.5) is 4.79 Å². The molecule has 0 saturated carbocycles. The van der Waals surface area contributed by atoms with Gasteiger partial charge in [0.15, 0.2) is 6.10 Å². The Bertz CT molecular complexity index is 1150. The molecule has 0 unspecified atom stereocenters. The number of nitrogens with one attached hydrogen (secondary N) is 2. The highest BCUT2D eigenvalue weighted by atomic mass is 16.6. The van der Waals surface area contributed by atoms with Crippen molar-refractivity contribution >= 4 is 23.6 Å². The first kappa shape index (κ1) is 32.7. The van der Waals surface area contributed by atoms with E-state index in [0.29, 0.717) is 12.0 Å². The monoisotopic (exact) mass is 559 g/mol. The molecule has 2 rings (SSSR count). The van der Waals surface area contributed by atoms with Gasteiger partial charge < -0.3 is 35.7 Å². The van der Waals surface area contributed by atoms with E-state index in [9.17, 15) is 24.3 Å². The fourth-order valence-corrected chi connectivity index (χ4v) is 4.86. The Labute approximate surface area is 235 Å². The standard InChI is InChI=1S/C29H41N3O8/c1-15-11-19-24(31-5)21(33)14-20(26(19)35)32-28(36)16(2)9-8-10-22(38-6)27(40-29(30)37)18(4)13-17(3)25(34)23(12-15)39-7/h8-10,13-15,17,22-23,25,27,31,34H,11-12H2,1-7H3,(H2,30,37)(H,32,36)/b10-8-,16-9+,18-13+/t15-,17+,22+,23+,25-,27+/m1/s1. The zero-order valence-electron chi connectivity index (χ0n) is 24.1. The lowest BCUT2D eigenvalue weighted by Gasteiger charge is -2.30. The summed E-state index contributed by atoms with van der Waals surface area (Å²) in [7, 11) is 4.48. The first-order chi connectivity index (χ1) is 18.8. The van der Waals surface area contributed by atoms with Crippen LogP contribution in [0.25, 0.3) is 0 Å². The quantitative estimate of drug-likeness (QED) is 0.297. The van der Waals surface area contributed by atoms with Gasteiger partial charge in [0.1, 0.15) is 6.10 Å². The van der Waals surface area contributed by atoms with Crippen LogP contribution in [0, 0.1) is 11.8 Å². The minimum absolute atomic E-state index is 0.118. The second kappa shape index (κ2) is 14.7. The number of aliphatic hydroxyl groups excluding tert-OH is 1. The third kappa shape index (κ3) is 8.23. The van der Waals surface area contributed by atoms with Gasteiger partial charge in [0.25, 0.3) is 5.91 Å². The van der Waals surface area contributed by atoms with Gasteiger partial charge in [-0.2, -0.15) is 0 Å². The Morgan fingerprint density at radius 2 is 1.82 bits per heavy atom. The minimum atomic E-state index is -0.997. The van der Waals surface area contributed by atoms with E-state index in [1.54, 1.807) is 46.0 Å². The maximum absolute atomic E-state index is 13.4. The van der Waals surface area contributed by atoms with Crippen LogP contribution in [0.5, 0.6) is 0 Å². The molecule has 11 heteroatoms. The van der Waals surface area contributed by atoms with Gasteiger partial charge in [-0.3, -0.25) is 14.4 Å². The number of rotatable bonds is 4. The summed E-state index contributed by atoms with van der Waals surface area (Å²) < 4.78 is 16.5. The number of hydrogen-bond acceptors (Lipinski definition) is 9. The van der Waals surface area contributed by atoms with E-state index in [1.165, 1.54) is 20.3 Å². The van der Waals surface area contributed by atoms with Crippen molar-refractivity contribution in [2.75, 3.05) is 21.3 Å². The fourth-order valence-electron chi connectivity index (χ4n) is 4.86. The van der Waals surface area contributed by atoms with Gasteiger partial charge in [-0.25, -0.2) is 4.79 Å². The van der Waals surface area contributed by atoms with Crippen LogP contribution in [0.2, 0.25) is 0 Å². The number of nitrogens with two attached hydrogens (primary N) is 1. The number of amides is 2. The number of likely N-dealkylation sites (N-methyl/N-ethyl adjacent to an activating group) is 1. The second-order valence-corrected chi connectivity index (χ2v) is 10.2. The molecule has 0 fully saturated rings. The molecule has 5 N–H and O–H groups in total. The number of aliphatic hydroxyl groups is 1. The van der Waals surface area contributed by atoms with Crippen molar-refractivity contribution in [2.45, 2.75) is 65.0 Å². The molecule has 2 aliphatic rings. The van der Waals surface area contributed by atoms with Gasteiger partial charge in [0.05, 0.1) is 23.6 Å². The Balaban J connectivity index is 2.60. The maximum atomic E-state index is 13.4. The average molecular weight is 560 g/mol. The third-order valence-corrected chi connectivity index (χ3v) is 7.04. The summed E-state index contributed by atoms with van der Waals surface area (Å²) in [4.78, 5) is 50.7. The molecule has 6 atom stereocenters. The van der Waals surface area contributed by atoms with Gasteiger partial charge >= 0.3 is 6.09 Å². The van der Waals surface area contributed by atoms with Gasteiger partial charge in [0, 0.05) is 44.4 Å². The predicted molar refractivity (Wildman–Crippen MR) is 149 cm³/mol. The number of carbonyl (C=O) groups is 4. The smallest absolute Gasteiger partial charge is 0.405 e. The number of carbonyl (C=O) groups excluding carboxylic acids is 4. The van der Waals surface area contributed by atoms with Crippen LogP contribution in [0.1, 0.15) is 40.5 Å². The Morgan fingerprint density at radius 1 is 1.15 bits per heavy atom. The van der Waals surface area contributed by atoms with Crippen LogP contribution in [-0.2, 0) is 28.6 Å². The number of ether oxygens (including phenoxy) is 3. The van der Waals surface area contributed by atoms with Gasteiger partial charge in [-0.05, 0) is 38.2 Å². The molecule has 40 heavy (non-hydrogen) atoms. The van der Waals surface area contributed by atoms with Crippen molar-refractivity contribution in [1.29, 1.82) is 0 Å². The Hall–Kier alpha value is -3.54. The summed E-state index contributed by atoms with van der Waals surface area (Å²) in [6.45, 7) is 6.98. The Morgan fingerprint density at radius 3 is 2.40 bits per heavy atom. The van der Waals surface area contributed by atoms with Gasteiger partial charge in [0.2, 0.25) is 11.6 Å². The van der Waals surface area contributed by atoms with Crippen LogP contribution in [0.3, 0.4) is 0 Å². The third-order valence-electron chi connectivity index (χ3n) is 7.04. The first-order valence-corrected chi connectivity index (χ1v) is 13.1. The van der Waals surface area contributed by atoms with Crippen molar-refractivity contribution in [3.63, 3.8) is 0 Å². The van der Waals surface area contributed by atoms with E-state index < -0.39 is 53.9 Å². The number of fused-ring (bicyclic) bond motifs is 2. The van der Waals surface area contributed by atoms with Crippen molar-refractivity contribution in [3.8, 4) is 0 Å². The van der Waals surface area contributed by atoms with Crippen LogP contribution >= 0.6 is 0 Å². The number of primary amides is 1. The SMILES string of the molecule is CNC1=C2C[C@@H](C)C[C@H](OC)[C@H](O)[C@@H](C)/C=C(\C)[C@H](OC(N)=O)[C@@H](OC)/C=C\C=C(/C)C(=O)NC(=CC1=O)C2=O. The van der Waals surface area contributed by atoms with E-state index in [0.717, 1.165) is 6.08 Å². The molecule has 1 aliphatic carbocycles. The molecule has 0 aromatic carbocycles. The van der Waals surface area contributed by atoms with E-state index in [1.807, 2.05) is 6.92 Å².